The van der Waals surface area contributed by atoms with Crippen molar-refractivity contribution < 1.29 is 23.9 Å². The SMILES string of the molecule is COC(=O)c1ccc(/C=N/NC(=O)C(=O)Nc2ccccc2C(=O)Nc2cccc(C)c2)cc1. The maximum absolute atomic E-state index is 12.7. The average molecular weight is 458 g/mol. The van der Waals surface area contributed by atoms with Crippen LogP contribution in [0.15, 0.2) is 77.9 Å². The number of amides is 3. The average Bonchev–Trinajstić information content (AvgIpc) is 2.84. The van der Waals surface area contributed by atoms with Crippen LogP contribution >= 0.6 is 0 Å². The predicted molar refractivity (Wildman–Crippen MR) is 128 cm³/mol. The highest BCUT2D eigenvalue weighted by Gasteiger charge is 2.17. The van der Waals surface area contributed by atoms with Gasteiger partial charge in [-0.05, 0) is 54.4 Å². The van der Waals surface area contributed by atoms with E-state index in [9.17, 15) is 19.2 Å². The molecular weight excluding hydrogens is 436 g/mol. The van der Waals surface area contributed by atoms with Gasteiger partial charge in [-0.3, -0.25) is 14.4 Å². The number of nitrogens with one attached hydrogen (secondary N) is 3. The lowest BCUT2D eigenvalue weighted by atomic mass is 10.1. The first-order valence-electron chi connectivity index (χ1n) is 10.2. The van der Waals surface area contributed by atoms with E-state index >= 15 is 0 Å². The van der Waals surface area contributed by atoms with Crippen LogP contribution in [-0.2, 0) is 14.3 Å². The number of esters is 1. The van der Waals surface area contributed by atoms with Crippen molar-refractivity contribution in [2.45, 2.75) is 6.92 Å². The zero-order valence-electron chi connectivity index (χ0n) is 18.5. The summed E-state index contributed by atoms with van der Waals surface area (Å²) < 4.78 is 4.62. The Balaban J connectivity index is 1.61. The van der Waals surface area contributed by atoms with Gasteiger partial charge in [0.15, 0.2) is 0 Å². The van der Waals surface area contributed by atoms with E-state index in [4.69, 9.17) is 0 Å². The Morgan fingerprint density at radius 1 is 0.853 bits per heavy atom. The monoisotopic (exact) mass is 458 g/mol. The van der Waals surface area contributed by atoms with E-state index in [-0.39, 0.29) is 11.3 Å². The third-order valence-corrected chi connectivity index (χ3v) is 4.61. The summed E-state index contributed by atoms with van der Waals surface area (Å²) in [5.74, 6) is -2.91. The number of hydrogen-bond donors (Lipinski definition) is 3. The van der Waals surface area contributed by atoms with Crippen molar-refractivity contribution in [3.63, 3.8) is 0 Å². The maximum Gasteiger partial charge on any atom is 0.337 e. The highest BCUT2D eigenvalue weighted by atomic mass is 16.5. The molecule has 0 heterocycles. The molecule has 0 saturated carbocycles. The topological polar surface area (TPSA) is 126 Å². The van der Waals surface area contributed by atoms with E-state index < -0.39 is 23.7 Å². The first-order chi connectivity index (χ1) is 16.4. The van der Waals surface area contributed by atoms with Crippen molar-refractivity contribution >= 4 is 41.3 Å². The molecule has 3 amide bonds. The lowest BCUT2D eigenvalue weighted by molar-refractivity contribution is -0.136. The van der Waals surface area contributed by atoms with Gasteiger partial charge in [0, 0.05) is 5.69 Å². The molecule has 0 fully saturated rings. The first kappa shape index (κ1) is 23.9. The molecular formula is C25H22N4O5. The van der Waals surface area contributed by atoms with Crippen LogP contribution in [0.3, 0.4) is 0 Å². The van der Waals surface area contributed by atoms with E-state index in [0.717, 1.165) is 5.56 Å². The van der Waals surface area contributed by atoms with Crippen molar-refractivity contribution in [1.82, 2.24) is 5.43 Å². The van der Waals surface area contributed by atoms with Crippen molar-refractivity contribution in [3.8, 4) is 0 Å². The van der Waals surface area contributed by atoms with Gasteiger partial charge in [-0.1, -0.05) is 36.4 Å². The molecule has 3 N–H and O–H groups in total. The minimum Gasteiger partial charge on any atom is -0.465 e. The second-order valence-corrected chi connectivity index (χ2v) is 7.14. The third kappa shape index (κ3) is 6.36. The van der Waals surface area contributed by atoms with Crippen LogP contribution in [0.25, 0.3) is 0 Å². The minimum atomic E-state index is -1.02. The zero-order valence-corrected chi connectivity index (χ0v) is 18.5. The van der Waals surface area contributed by atoms with Gasteiger partial charge >= 0.3 is 17.8 Å². The minimum absolute atomic E-state index is 0.176. The van der Waals surface area contributed by atoms with E-state index in [1.165, 1.54) is 25.5 Å². The molecule has 0 atom stereocenters. The lowest BCUT2D eigenvalue weighted by Gasteiger charge is -2.11. The van der Waals surface area contributed by atoms with Gasteiger partial charge in [0.1, 0.15) is 0 Å². The fraction of sp³-hybridized carbons (Fsp3) is 0.0800. The number of ether oxygens (including phenoxy) is 1. The van der Waals surface area contributed by atoms with Gasteiger partial charge in [0.2, 0.25) is 0 Å². The summed E-state index contributed by atoms with van der Waals surface area (Å²) in [5.41, 5.74) is 5.04. The van der Waals surface area contributed by atoms with Crippen LogP contribution in [0.2, 0.25) is 0 Å². The molecule has 3 aromatic carbocycles. The Bertz CT molecular complexity index is 1250. The van der Waals surface area contributed by atoms with Crippen molar-refractivity contribution in [3.05, 3.63) is 95.1 Å². The molecule has 0 aromatic heterocycles. The standard InChI is InChI=1S/C25H22N4O5/c1-16-6-5-7-19(14-16)27-22(30)20-8-3-4-9-21(20)28-23(31)24(32)29-26-15-17-10-12-18(13-11-17)25(33)34-2/h3-15H,1-2H3,(H,27,30)(H,28,31)(H,29,32)/b26-15+. The fourth-order valence-corrected chi connectivity index (χ4v) is 2.93. The zero-order chi connectivity index (χ0) is 24.5. The summed E-state index contributed by atoms with van der Waals surface area (Å²) in [4.78, 5) is 48.6. The number of aryl methyl sites for hydroxylation is 1. The first-order valence-corrected chi connectivity index (χ1v) is 10.2. The summed E-state index contributed by atoms with van der Waals surface area (Å²) in [7, 11) is 1.28. The highest BCUT2D eigenvalue weighted by molar-refractivity contribution is 6.40. The number of para-hydroxylation sites is 1. The Hall–Kier alpha value is -4.79. The molecule has 3 rings (SSSR count). The Morgan fingerprint density at radius 3 is 2.29 bits per heavy atom. The number of rotatable bonds is 6. The number of hydrazone groups is 1. The van der Waals surface area contributed by atoms with Gasteiger partial charge in [0.05, 0.1) is 30.1 Å². The van der Waals surface area contributed by atoms with Gasteiger partial charge < -0.3 is 15.4 Å². The normalized spacial score (nSPS) is 10.4. The molecule has 0 aliphatic heterocycles. The van der Waals surface area contributed by atoms with Crippen LogP contribution < -0.4 is 16.1 Å². The molecule has 34 heavy (non-hydrogen) atoms. The Labute approximate surface area is 195 Å². The number of hydrogen-bond acceptors (Lipinski definition) is 6. The molecule has 3 aromatic rings. The van der Waals surface area contributed by atoms with E-state index in [1.54, 1.807) is 42.5 Å². The van der Waals surface area contributed by atoms with Gasteiger partial charge in [0.25, 0.3) is 5.91 Å². The molecule has 0 unspecified atom stereocenters. The number of anilines is 2. The summed E-state index contributed by atoms with van der Waals surface area (Å²) in [6.45, 7) is 1.91. The van der Waals surface area contributed by atoms with Crippen LogP contribution in [0, 0.1) is 6.92 Å². The fourth-order valence-electron chi connectivity index (χ4n) is 2.93. The van der Waals surface area contributed by atoms with Crippen molar-refractivity contribution in [2.75, 3.05) is 17.7 Å². The molecule has 172 valence electrons. The molecule has 0 spiro atoms. The smallest absolute Gasteiger partial charge is 0.337 e. The van der Waals surface area contributed by atoms with E-state index in [1.807, 2.05) is 25.1 Å². The lowest BCUT2D eigenvalue weighted by Crippen LogP contribution is -2.33. The molecule has 0 aliphatic rings. The van der Waals surface area contributed by atoms with Crippen LogP contribution in [0.5, 0.6) is 0 Å². The number of carbonyl (C=O) groups excluding carboxylic acids is 4. The molecule has 0 aliphatic carbocycles. The Morgan fingerprint density at radius 2 is 1.59 bits per heavy atom. The molecule has 0 radical (unpaired) electrons. The quantitative estimate of drug-likeness (QED) is 0.226. The van der Waals surface area contributed by atoms with Crippen LogP contribution in [0.1, 0.15) is 31.8 Å². The van der Waals surface area contributed by atoms with Crippen LogP contribution in [-0.4, -0.2) is 37.0 Å². The number of benzene rings is 3. The van der Waals surface area contributed by atoms with Crippen molar-refractivity contribution in [2.24, 2.45) is 5.10 Å². The Kier molecular flexibility index (Phi) is 7.85. The summed E-state index contributed by atoms with van der Waals surface area (Å²) >= 11 is 0. The van der Waals surface area contributed by atoms with Gasteiger partial charge in [-0.2, -0.15) is 5.10 Å². The van der Waals surface area contributed by atoms with E-state index in [0.29, 0.717) is 16.8 Å². The van der Waals surface area contributed by atoms with Gasteiger partial charge in [-0.25, -0.2) is 10.2 Å². The third-order valence-electron chi connectivity index (χ3n) is 4.61. The highest BCUT2D eigenvalue weighted by Crippen LogP contribution is 2.18. The summed E-state index contributed by atoms with van der Waals surface area (Å²) in [6, 6.07) is 19.9. The second-order valence-electron chi connectivity index (χ2n) is 7.14. The summed E-state index contributed by atoms with van der Waals surface area (Å²) in [6.07, 6.45) is 1.31. The van der Waals surface area contributed by atoms with E-state index in [2.05, 4.69) is 25.9 Å². The molecule has 0 saturated heterocycles. The van der Waals surface area contributed by atoms with Crippen LogP contribution in [0.4, 0.5) is 11.4 Å². The molecule has 9 nitrogen and oxygen atoms in total. The number of nitrogens with zero attached hydrogens (tertiary/aromatic N) is 1. The predicted octanol–water partition coefficient (Wildman–Crippen LogP) is 3.12. The van der Waals surface area contributed by atoms with Crippen molar-refractivity contribution in [1.29, 1.82) is 0 Å². The number of methoxy groups -OCH3 is 1. The van der Waals surface area contributed by atoms with Gasteiger partial charge in [-0.15, -0.1) is 0 Å². The second kappa shape index (κ2) is 11.2. The summed E-state index contributed by atoms with van der Waals surface area (Å²) in [5, 5.41) is 8.93. The molecule has 0 bridgehead atoms. The maximum atomic E-state index is 12.7. The largest absolute Gasteiger partial charge is 0.465 e. The molecule has 9 heteroatoms. The number of carbonyl (C=O) groups is 4.